The fourth-order valence-electron chi connectivity index (χ4n) is 2.16. The highest BCUT2D eigenvalue weighted by Crippen LogP contribution is 2.22. The van der Waals surface area contributed by atoms with Crippen LogP contribution >= 0.6 is 0 Å². The highest BCUT2D eigenvalue weighted by molar-refractivity contribution is 5.33. The standard InChI is InChI=1S/C17H21NO/c1-14-8-10-16(11-9-14)17(18-12-5-13-19)15-6-3-2-4-7-15/h2-4,6-11,17-19H,5,12-13H2,1H3. The van der Waals surface area contributed by atoms with E-state index in [9.17, 15) is 0 Å². The Morgan fingerprint density at radius 2 is 1.58 bits per heavy atom. The summed E-state index contributed by atoms with van der Waals surface area (Å²) in [4.78, 5) is 0. The largest absolute Gasteiger partial charge is 0.396 e. The molecule has 0 radical (unpaired) electrons. The molecular formula is C17H21NO. The van der Waals surface area contributed by atoms with Crippen LogP contribution in [0.4, 0.5) is 0 Å². The van der Waals surface area contributed by atoms with E-state index in [0.717, 1.165) is 13.0 Å². The number of aliphatic hydroxyl groups is 1. The molecule has 100 valence electrons. The predicted molar refractivity (Wildman–Crippen MR) is 79.2 cm³/mol. The van der Waals surface area contributed by atoms with Gasteiger partial charge in [0.15, 0.2) is 0 Å². The molecule has 0 aliphatic carbocycles. The molecule has 0 heterocycles. The normalized spacial score (nSPS) is 12.3. The van der Waals surface area contributed by atoms with Crippen molar-refractivity contribution in [3.63, 3.8) is 0 Å². The van der Waals surface area contributed by atoms with Gasteiger partial charge < -0.3 is 10.4 Å². The molecule has 2 aromatic rings. The van der Waals surface area contributed by atoms with Crippen LogP contribution in [-0.2, 0) is 0 Å². The van der Waals surface area contributed by atoms with Crippen LogP contribution in [-0.4, -0.2) is 18.3 Å². The minimum Gasteiger partial charge on any atom is -0.396 e. The molecular weight excluding hydrogens is 234 g/mol. The lowest BCUT2D eigenvalue weighted by molar-refractivity contribution is 0.284. The minimum absolute atomic E-state index is 0.188. The molecule has 2 aromatic carbocycles. The Labute approximate surface area is 115 Å². The minimum atomic E-state index is 0.188. The molecule has 1 atom stereocenters. The summed E-state index contributed by atoms with van der Waals surface area (Å²) >= 11 is 0. The average Bonchev–Trinajstić information content (AvgIpc) is 2.46. The Hall–Kier alpha value is -1.64. The van der Waals surface area contributed by atoms with E-state index >= 15 is 0 Å². The SMILES string of the molecule is Cc1ccc(C(NCCCO)c2ccccc2)cc1. The van der Waals surface area contributed by atoms with E-state index in [2.05, 4.69) is 60.8 Å². The van der Waals surface area contributed by atoms with E-state index in [1.54, 1.807) is 0 Å². The molecule has 0 spiro atoms. The van der Waals surface area contributed by atoms with Crippen molar-refractivity contribution in [2.24, 2.45) is 0 Å². The smallest absolute Gasteiger partial charge is 0.0576 e. The molecule has 0 aliphatic heterocycles. The Morgan fingerprint density at radius 1 is 0.947 bits per heavy atom. The number of benzene rings is 2. The quantitative estimate of drug-likeness (QED) is 0.778. The molecule has 0 aromatic heterocycles. The lowest BCUT2D eigenvalue weighted by Crippen LogP contribution is -2.24. The van der Waals surface area contributed by atoms with Crippen molar-refractivity contribution in [2.75, 3.05) is 13.2 Å². The van der Waals surface area contributed by atoms with E-state index in [1.165, 1.54) is 16.7 Å². The number of aryl methyl sites for hydroxylation is 1. The topological polar surface area (TPSA) is 32.3 Å². The van der Waals surface area contributed by atoms with Crippen molar-refractivity contribution in [3.05, 3.63) is 71.3 Å². The van der Waals surface area contributed by atoms with Gasteiger partial charge in [0.25, 0.3) is 0 Å². The van der Waals surface area contributed by atoms with Crippen molar-refractivity contribution >= 4 is 0 Å². The zero-order valence-electron chi connectivity index (χ0n) is 11.3. The second-order valence-corrected chi connectivity index (χ2v) is 4.79. The monoisotopic (exact) mass is 255 g/mol. The van der Waals surface area contributed by atoms with Crippen LogP contribution in [0.15, 0.2) is 54.6 Å². The van der Waals surface area contributed by atoms with E-state index in [1.807, 2.05) is 6.07 Å². The lowest BCUT2D eigenvalue weighted by Gasteiger charge is -2.20. The first-order valence-corrected chi connectivity index (χ1v) is 6.77. The fourth-order valence-corrected chi connectivity index (χ4v) is 2.16. The van der Waals surface area contributed by atoms with Crippen molar-refractivity contribution < 1.29 is 5.11 Å². The molecule has 2 heteroatoms. The summed E-state index contributed by atoms with van der Waals surface area (Å²) in [6.45, 7) is 3.13. The van der Waals surface area contributed by atoms with E-state index in [0.29, 0.717) is 0 Å². The van der Waals surface area contributed by atoms with Crippen LogP contribution in [0, 0.1) is 6.92 Å². The summed E-state index contributed by atoms with van der Waals surface area (Å²) in [5.41, 5.74) is 3.78. The van der Waals surface area contributed by atoms with E-state index in [-0.39, 0.29) is 12.6 Å². The molecule has 0 fully saturated rings. The second-order valence-electron chi connectivity index (χ2n) is 4.79. The second kappa shape index (κ2) is 7.07. The van der Waals surface area contributed by atoms with Crippen LogP contribution in [0.5, 0.6) is 0 Å². The molecule has 0 saturated carbocycles. The third-order valence-electron chi connectivity index (χ3n) is 3.23. The van der Waals surface area contributed by atoms with E-state index < -0.39 is 0 Å². The van der Waals surface area contributed by atoms with Gasteiger partial charge in [0.2, 0.25) is 0 Å². The Balaban J connectivity index is 2.21. The number of aliphatic hydroxyl groups excluding tert-OH is 1. The third kappa shape index (κ3) is 3.91. The maximum Gasteiger partial charge on any atom is 0.0576 e. The number of hydrogen-bond donors (Lipinski definition) is 2. The Bertz CT molecular complexity index is 478. The summed E-state index contributed by atoms with van der Waals surface area (Å²) in [7, 11) is 0. The van der Waals surface area contributed by atoms with Gasteiger partial charge in [0.05, 0.1) is 6.04 Å². The zero-order chi connectivity index (χ0) is 13.5. The number of rotatable bonds is 6. The lowest BCUT2D eigenvalue weighted by atomic mass is 9.98. The summed E-state index contributed by atoms with van der Waals surface area (Å²) in [6.07, 6.45) is 0.773. The van der Waals surface area contributed by atoms with Crippen LogP contribution < -0.4 is 5.32 Å². The van der Waals surface area contributed by atoms with E-state index in [4.69, 9.17) is 5.11 Å². The Kier molecular flexibility index (Phi) is 5.13. The summed E-state index contributed by atoms with van der Waals surface area (Å²) in [6, 6.07) is 19.2. The molecule has 0 aliphatic rings. The summed E-state index contributed by atoms with van der Waals surface area (Å²) in [5.74, 6) is 0. The van der Waals surface area contributed by atoms with Crippen molar-refractivity contribution in [2.45, 2.75) is 19.4 Å². The molecule has 0 bridgehead atoms. The van der Waals surface area contributed by atoms with Gasteiger partial charge >= 0.3 is 0 Å². The van der Waals surface area contributed by atoms with Gasteiger partial charge in [-0.2, -0.15) is 0 Å². The predicted octanol–water partition coefficient (Wildman–Crippen LogP) is 3.06. The average molecular weight is 255 g/mol. The highest BCUT2D eigenvalue weighted by Gasteiger charge is 2.12. The maximum absolute atomic E-state index is 8.92. The summed E-state index contributed by atoms with van der Waals surface area (Å²) in [5, 5.41) is 12.4. The number of nitrogens with one attached hydrogen (secondary N) is 1. The van der Waals surface area contributed by atoms with Crippen molar-refractivity contribution in [1.82, 2.24) is 5.32 Å². The first kappa shape index (κ1) is 13.8. The molecule has 2 N–H and O–H groups in total. The zero-order valence-corrected chi connectivity index (χ0v) is 11.3. The maximum atomic E-state index is 8.92. The van der Waals surface area contributed by atoms with Gasteiger partial charge in [-0.15, -0.1) is 0 Å². The van der Waals surface area contributed by atoms with Crippen molar-refractivity contribution in [1.29, 1.82) is 0 Å². The number of hydrogen-bond acceptors (Lipinski definition) is 2. The molecule has 0 amide bonds. The molecule has 2 nitrogen and oxygen atoms in total. The van der Waals surface area contributed by atoms with Gasteiger partial charge in [0, 0.05) is 6.61 Å². The van der Waals surface area contributed by atoms with Gasteiger partial charge in [-0.25, -0.2) is 0 Å². The molecule has 1 unspecified atom stereocenters. The van der Waals surface area contributed by atoms with Crippen LogP contribution in [0.25, 0.3) is 0 Å². The van der Waals surface area contributed by atoms with Gasteiger partial charge in [-0.3, -0.25) is 0 Å². The van der Waals surface area contributed by atoms with Crippen LogP contribution in [0.1, 0.15) is 29.2 Å². The molecule has 19 heavy (non-hydrogen) atoms. The molecule has 0 saturated heterocycles. The van der Waals surface area contributed by atoms with Crippen LogP contribution in [0.3, 0.4) is 0 Å². The Morgan fingerprint density at radius 3 is 2.21 bits per heavy atom. The van der Waals surface area contributed by atoms with Crippen molar-refractivity contribution in [3.8, 4) is 0 Å². The first-order chi connectivity index (χ1) is 9.31. The fraction of sp³-hybridized carbons (Fsp3) is 0.294. The highest BCUT2D eigenvalue weighted by atomic mass is 16.3. The van der Waals surface area contributed by atoms with Gasteiger partial charge in [-0.1, -0.05) is 60.2 Å². The first-order valence-electron chi connectivity index (χ1n) is 6.77. The molecule has 2 rings (SSSR count). The third-order valence-corrected chi connectivity index (χ3v) is 3.23. The van der Waals surface area contributed by atoms with Gasteiger partial charge in [-0.05, 0) is 31.0 Å². The van der Waals surface area contributed by atoms with Crippen LogP contribution in [0.2, 0.25) is 0 Å². The summed E-state index contributed by atoms with van der Waals surface area (Å²) < 4.78 is 0. The van der Waals surface area contributed by atoms with Gasteiger partial charge in [0.1, 0.15) is 0 Å².